The van der Waals surface area contributed by atoms with Gasteiger partial charge in [-0.05, 0) is 26.7 Å². The van der Waals surface area contributed by atoms with Crippen molar-refractivity contribution in [1.29, 1.82) is 0 Å². The first-order chi connectivity index (χ1) is 4.25. The van der Waals surface area contributed by atoms with E-state index >= 15 is 0 Å². The minimum absolute atomic E-state index is 0.414. The molecule has 0 bridgehead atoms. The molecule has 1 radical (unpaired) electrons. The smallest absolute Gasteiger partial charge is 0.312 e. The molecule has 1 aliphatic rings. The molecule has 2 nitrogen and oxygen atoms in total. The molecule has 9 heavy (non-hydrogen) atoms. The Morgan fingerprint density at radius 1 is 1.33 bits per heavy atom. The molecule has 1 amide bonds. The highest BCUT2D eigenvalue weighted by Crippen LogP contribution is 2.20. The third-order valence-electron chi connectivity index (χ3n) is 2.06. The van der Waals surface area contributed by atoms with Gasteiger partial charge in [-0.3, -0.25) is 4.79 Å². The molecule has 0 N–H and O–H groups in total. The SMILES string of the molecule is CC1CCC(C)N1[C]=O. The largest absolute Gasteiger partial charge is 0.329 e. The Labute approximate surface area is 55.8 Å². The van der Waals surface area contributed by atoms with Crippen molar-refractivity contribution in [3.63, 3.8) is 0 Å². The monoisotopic (exact) mass is 126 g/mol. The van der Waals surface area contributed by atoms with Gasteiger partial charge in [0.2, 0.25) is 0 Å². The first-order valence-electron chi connectivity index (χ1n) is 3.42. The van der Waals surface area contributed by atoms with Crippen molar-refractivity contribution in [2.24, 2.45) is 0 Å². The number of hydrogen-bond acceptors (Lipinski definition) is 1. The summed E-state index contributed by atoms with van der Waals surface area (Å²) in [7, 11) is 0. The van der Waals surface area contributed by atoms with Gasteiger partial charge in [0.1, 0.15) is 0 Å². The number of hydrogen-bond donors (Lipinski definition) is 0. The zero-order valence-electron chi connectivity index (χ0n) is 5.92. The summed E-state index contributed by atoms with van der Waals surface area (Å²) in [5.74, 6) is 0. The molecule has 0 aromatic heterocycles. The van der Waals surface area contributed by atoms with Crippen LogP contribution in [0.15, 0.2) is 0 Å². The molecule has 1 heterocycles. The van der Waals surface area contributed by atoms with Gasteiger partial charge in [-0.25, -0.2) is 0 Å². The van der Waals surface area contributed by atoms with Crippen LogP contribution in [0.25, 0.3) is 0 Å². The van der Waals surface area contributed by atoms with Crippen molar-refractivity contribution >= 4 is 6.41 Å². The lowest BCUT2D eigenvalue weighted by Crippen LogP contribution is -2.30. The number of carbonyl (C=O) groups excluding carboxylic acids is 1. The highest BCUT2D eigenvalue weighted by Gasteiger charge is 2.25. The Bertz CT molecular complexity index is 103. The number of amides is 1. The minimum Gasteiger partial charge on any atom is -0.329 e. The summed E-state index contributed by atoms with van der Waals surface area (Å²) in [4.78, 5) is 12.0. The summed E-state index contributed by atoms with van der Waals surface area (Å²) >= 11 is 0. The van der Waals surface area contributed by atoms with Crippen molar-refractivity contribution < 1.29 is 4.79 Å². The van der Waals surface area contributed by atoms with Gasteiger partial charge < -0.3 is 4.90 Å². The molecule has 1 rings (SSSR count). The lowest BCUT2D eigenvalue weighted by atomic mass is 10.2. The zero-order valence-corrected chi connectivity index (χ0v) is 5.92. The van der Waals surface area contributed by atoms with Crippen molar-refractivity contribution in [1.82, 2.24) is 4.90 Å². The molecule has 0 aliphatic carbocycles. The summed E-state index contributed by atoms with van der Waals surface area (Å²) in [6.45, 7) is 4.13. The fourth-order valence-electron chi connectivity index (χ4n) is 1.37. The van der Waals surface area contributed by atoms with Crippen molar-refractivity contribution in [3.05, 3.63) is 0 Å². The van der Waals surface area contributed by atoms with E-state index in [1.165, 1.54) is 0 Å². The molecule has 1 saturated heterocycles. The summed E-state index contributed by atoms with van der Waals surface area (Å²) in [5.41, 5.74) is 0. The average Bonchev–Trinajstić information content (AvgIpc) is 2.12. The third kappa shape index (κ3) is 1.07. The van der Waals surface area contributed by atoms with E-state index in [2.05, 4.69) is 13.8 Å². The molecular weight excluding hydrogens is 114 g/mol. The van der Waals surface area contributed by atoms with Crippen LogP contribution in [-0.2, 0) is 4.79 Å². The van der Waals surface area contributed by atoms with E-state index in [-0.39, 0.29) is 0 Å². The van der Waals surface area contributed by atoms with E-state index < -0.39 is 0 Å². The lowest BCUT2D eigenvalue weighted by Gasteiger charge is -2.18. The Kier molecular flexibility index (Phi) is 1.74. The second-order valence-corrected chi connectivity index (χ2v) is 2.77. The fourth-order valence-corrected chi connectivity index (χ4v) is 1.37. The first-order valence-corrected chi connectivity index (χ1v) is 3.42. The molecule has 1 fully saturated rings. The van der Waals surface area contributed by atoms with Crippen LogP contribution >= 0.6 is 0 Å². The van der Waals surface area contributed by atoms with Gasteiger partial charge in [0.15, 0.2) is 0 Å². The molecule has 2 atom stereocenters. The van der Waals surface area contributed by atoms with Crippen molar-refractivity contribution in [2.45, 2.75) is 38.8 Å². The highest BCUT2D eigenvalue weighted by molar-refractivity contribution is 5.50. The summed E-state index contributed by atoms with van der Waals surface area (Å²) < 4.78 is 0. The normalized spacial score (nSPS) is 35.1. The first kappa shape index (κ1) is 6.59. The molecule has 0 spiro atoms. The molecule has 0 aromatic carbocycles. The molecule has 2 heteroatoms. The maximum absolute atomic E-state index is 10.2. The predicted molar refractivity (Wildman–Crippen MR) is 35.7 cm³/mol. The highest BCUT2D eigenvalue weighted by atomic mass is 16.1. The van der Waals surface area contributed by atoms with E-state index in [1.807, 2.05) is 6.41 Å². The van der Waals surface area contributed by atoms with Crippen LogP contribution in [0.4, 0.5) is 0 Å². The Hall–Kier alpha value is -0.530. The summed E-state index contributed by atoms with van der Waals surface area (Å²) in [6.07, 6.45) is 4.22. The Balaban J connectivity index is 2.54. The standard InChI is InChI=1S/C7H12NO/c1-6-3-4-7(2)8(6)5-9/h6-7H,3-4H2,1-2H3. The van der Waals surface area contributed by atoms with Gasteiger partial charge in [0.25, 0.3) is 0 Å². The average molecular weight is 126 g/mol. The van der Waals surface area contributed by atoms with Crippen LogP contribution in [0.2, 0.25) is 0 Å². The minimum atomic E-state index is 0.414. The van der Waals surface area contributed by atoms with Gasteiger partial charge in [-0.15, -0.1) is 0 Å². The maximum Gasteiger partial charge on any atom is 0.312 e. The van der Waals surface area contributed by atoms with E-state index in [1.54, 1.807) is 4.90 Å². The van der Waals surface area contributed by atoms with Crippen LogP contribution < -0.4 is 0 Å². The topological polar surface area (TPSA) is 20.3 Å². The van der Waals surface area contributed by atoms with Gasteiger partial charge in [-0.2, -0.15) is 0 Å². The second kappa shape index (κ2) is 2.38. The summed E-state index contributed by atoms with van der Waals surface area (Å²) in [6, 6.07) is 0.829. The van der Waals surface area contributed by atoms with Crippen LogP contribution in [0.5, 0.6) is 0 Å². The van der Waals surface area contributed by atoms with Crippen LogP contribution in [0.3, 0.4) is 0 Å². The Morgan fingerprint density at radius 3 is 2.00 bits per heavy atom. The molecule has 51 valence electrons. The number of rotatable bonds is 1. The second-order valence-electron chi connectivity index (χ2n) is 2.77. The van der Waals surface area contributed by atoms with Crippen LogP contribution in [0, 0.1) is 0 Å². The van der Waals surface area contributed by atoms with E-state index in [4.69, 9.17) is 0 Å². The van der Waals surface area contributed by atoms with E-state index in [9.17, 15) is 4.79 Å². The fraction of sp³-hybridized carbons (Fsp3) is 0.857. The molecule has 0 saturated carbocycles. The van der Waals surface area contributed by atoms with E-state index in [0.717, 1.165) is 12.8 Å². The van der Waals surface area contributed by atoms with Gasteiger partial charge in [0, 0.05) is 12.1 Å². The molecule has 0 aromatic rings. The van der Waals surface area contributed by atoms with E-state index in [0.29, 0.717) is 12.1 Å². The zero-order chi connectivity index (χ0) is 6.85. The van der Waals surface area contributed by atoms with Gasteiger partial charge >= 0.3 is 6.41 Å². The molecule has 1 aliphatic heterocycles. The van der Waals surface area contributed by atoms with Crippen molar-refractivity contribution in [2.75, 3.05) is 0 Å². The number of likely N-dealkylation sites (tertiary alicyclic amines) is 1. The Morgan fingerprint density at radius 2 is 1.78 bits per heavy atom. The van der Waals surface area contributed by atoms with Crippen LogP contribution in [-0.4, -0.2) is 23.4 Å². The summed E-state index contributed by atoms with van der Waals surface area (Å²) in [5, 5.41) is 0. The van der Waals surface area contributed by atoms with Gasteiger partial charge in [-0.1, -0.05) is 0 Å². The quantitative estimate of drug-likeness (QED) is 0.511. The lowest BCUT2D eigenvalue weighted by molar-refractivity contribution is 0.320. The third-order valence-corrected chi connectivity index (χ3v) is 2.06. The van der Waals surface area contributed by atoms with Crippen molar-refractivity contribution in [3.8, 4) is 0 Å². The molecule has 2 unspecified atom stereocenters. The number of nitrogens with zero attached hydrogens (tertiary/aromatic N) is 1. The maximum atomic E-state index is 10.2. The molecular formula is C7H12NO. The predicted octanol–water partition coefficient (Wildman–Crippen LogP) is 0.926. The van der Waals surface area contributed by atoms with Crippen LogP contribution in [0.1, 0.15) is 26.7 Å². The van der Waals surface area contributed by atoms with Gasteiger partial charge in [0.05, 0.1) is 0 Å².